The maximum atomic E-state index is 11.2. The Kier molecular flexibility index (Phi) is 4.51. The molecule has 1 rings (SSSR count). The standard InChI is InChI=1S/C9H11BrN2O3/c1-14-5-9(13)12-8-3-7(15-2)6(10)4-11-8/h3-4H,5H2,1-2H3,(H,11,12,13). The number of halogens is 1. The molecule has 0 unspecified atom stereocenters. The third-order valence-electron chi connectivity index (χ3n) is 1.58. The minimum absolute atomic E-state index is 0.0000589. The summed E-state index contributed by atoms with van der Waals surface area (Å²) in [4.78, 5) is 15.2. The first kappa shape index (κ1) is 11.9. The van der Waals surface area contributed by atoms with Crippen LogP contribution in [0.1, 0.15) is 0 Å². The molecular weight excluding hydrogens is 264 g/mol. The van der Waals surface area contributed by atoms with Crippen molar-refractivity contribution in [1.82, 2.24) is 4.98 Å². The van der Waals surface area contributed by atoms with E-state index in [1.54, 1.807) is 19.4 Å². The van der Waals surface area contributed by atoms with E-state index in [0.29, 0.717) is 11.6 Å². The van der Waals surface area contributed by atoms with Crippen LogP contribution in [0.4, 0.5) is 5.82 Å². The van der Waals surface area contributed by atoms with Crippen molar-refractivity contribution >= 4 is 27.7 Å². The highest BCUT2D eigenvalue weighted by Gasteiger charge is 2.06. The molecule has 5 nitrogen and oxygen atoms in total. The van der Waals surface area contributed by atoms with E-state index in [2.05, 4.69) is 31.0 Å². The fraction of sp³-hybridized carbons (Fsp3) is 0.333. The number of aromatic nitrogens is 1. The van der Waals surface area contributed by atoms with Crippen LogP contribution < -0.4 is 10.1 Å². The monoisotopic (exact) mass is 274 g/mol. The van der Waals surface area contributed by atoms with Gasteiger partial charge in [-0.1, -0.05) is 0 Å². The van der Waals surface area contributed by atoms with Crippen LogP contribution in [0, 0.1) is 0 Å². The molecule has 0 aliphatic carbocycles. The van der Waals surface area contributed by atoms with Gasteiger partial charge in [-0.25, -0.2) is 4.98 Å². The SMILES string of the molecule is COCC(=O)Nc1cc(OC)c(Br)cn1. The molecule has 0 saturated carbocycles. The number of pyridine rings is 1. The van der Waals surface area contributed by atoms with Crippen molar-refractivity contribution in [3.05, 3.63) is 16.7 Å². The molecule has 0 bridgehead atoms. The molecule has 0 aromatic carbocycles. The molecule has 82 valence electrons. The summed E-state index contributed by atoms with van der Waals surface area (Å²) in [6, 6.07) is 1.62. The van der Waals surface area contributed by atoms with Crippen molar-refractivity contribution in [2.45, 2.75) is 0 Å². The Balaban J connectivity index is 2.74. The number of amides is 1. The van der Waals surface area contributed by atoms with Crippen molar-refractivity contribution in [3.63, 3.8) is 0 Å². The van der Waals surface area contributed by atoms with E-state index in [-0.39, 0.29) is 12.5 Å². The topological polar surface area (TPSA) is 60.5 Å². The van der Waals surface area contributed by atoms with E-state index < -0.39 is 0 Å². The summed E-state index contributed by atoms with van der Waals surface area (Å²) in [5.74, 6) is 0.782. The van der Waals surface area contributed by atoms with Crippen LogP contribution in [0.5, 0.6) is 5.75 Å². The van der Waals surface area contributed by atoms with Crippen molar-refractivity contribution < 1.29 is 14.3 Å². The summed E-state index contributed by atoms with van der Waals surface area (Å²) in [5.41, 5.74) is 0. The van der Waals surface area contributed by atoms with Gasteiger partial charge in [0.2, 0.25) is 0 Å². The second kappa shape index (κ2) is 5.67. The van der Waals surface area contributed by atoms with E-state index in [0.717, 1.165) is 4.47 Å². The van der Waals surface area contributed by atoms with Gasteiger partial charge in [-0.15, -0.1) is 0 Å². The smallest absolute Gasteiger partial charge is 0.251 e. The average Bonchev–Trinajstić information content (AvgIpc) is 2.21. The number of hydrogen-bond donors (Lipinski definition) is 1. The minimum atomic E-state index is -0.255. The van der Waals surface area contributed by atoms with Gasteiger partial charge in [0.25, 0.3) is 5.91 Å². The Morgan fingerprint density at radius 2 is 2.33 bits per heavy atom. The van der Waals surface area contributed by atoms with Crippen molar-refractivity contribution in [3.8, 4) is 5.75 Å². The fourth-order valence-corrected chi connectivity index (χ4v) is 1.33. The molecule has 0 saturated heterocycles. The number of anilines is 1. The van der Waals surface area contributed by atoms with Gasteiger partial charge in [0.05, 0.1) is 11.6 Å². The van der Waals surface area contributed by atoms with E-state index in [1.165, 1.54) is 7.11 Å². The Labute approximate surface area is 95.9 Å². The number of carbonyl (C=O) groups is 1. The van der Waals surface area contributed by atoms with Crippen molar-refractivity contribution in [2.75, 3.05) is 26.1 Å². The molecule has 1 aromatic rings. The highest BCUT2D eigenvalue weighted by Crippen LogP contribution is 2.25. The van der Waals surface area contributed by atoms with Crippen LogP contribution in [-0.2, 0) is 9.53 Å². The van der Waals surface area contributed by atoms with Gasteiger partial charge in [-0.3, -0.25) is 4.79 Å². The molecule has 1 amide bonds. The first-order valence-corrected chi connectivity index (χ1v) is 4.95. The van der Waals surface area contributed by atoms with Crippen LogP contribution in [0.2, 0.25) is 0 Å². The third-order valence-corrected chi connectivity index (χ3v) is 2.18. The van der Waals surface area contributed by atoms with Crippen LogP contribution in [-0.4, -0.2) is 31.7 Å². The normalized spacial score (nSPS) is 9.80. The quantitative estimate of drug-likeness (QED) is 0.903. The predicted molar refractivity (Wildman–Crippen MR) is 59.0 cm³/mol. The number of nitrogens with zero attached hydrogens (tertiary/aromatic N) is 1. The molecule has 0 fully saturated rings. The van der Waals surface area contributed by atoms with Crippen LogP contribution in [0.3, 0.4) is 0 Å². The van der Waals surface area contributed by atoms with Gasteiger partial charge in [0.15, 0.2) is 0 Å². The van der Waals surface area contributed by atoms with Gasteiger partial charge in [-0.2, -0.15) is 0 Å². The van der Waals surface area contributed by atoms with Crippen LogP contribution in [0.25, 0.3) is 0 Å². The lowest BCUT2D eigenvalue weighted by Gasteiger charge is -2.06. The Hall–Kier alpha value is -1.14. The largest absolute Gasteiger partial charge is 0.495 e. The van der Waals surface area contributed by atoms with E-state index in [4.69, 9.17) is 4.74 Å². The zero-order valence-corrected chi connectivity index (χ0v) is 10.00. The van der Waals surface area contributed by atoms with Gasteiger partial charge in [-0.05, 0) is 15.9 Å². The molecular formula is C9H11BrN2O3. The number of methoxy groups -OCH3 is 2. The Bertz CT molecular complexity index is 357. The number of rotatable bonds is 4. The number of carbonyl (C=O) groups excluding carboxylic acids is 1. The van der Waals surface area contributed by atoms with E-state index in [1.807, 2.05) is 0 Å². The summed E-state index contributed by atoms with van der Waals surface area (Å²) < 4.78 is 10.5. The third kappa shape index (κ3) is 3.49. The summed E-state index contributed by atoms with van der Waals surface area (Å²) in [7, 11) is 3.00. The van der Waals surface area contributed by atoms with Crippen LogP contribution in [0.15, 0.2) is 16.7 Å². The summed E-state index contributed by atoms with van der Waals surface area (Å²) in [6.07, 6.45) is 1.56. The number of nitrogens with one attached hydrogen (secondary N) is 1. The molecule has 1 aromatic heterocycles. The second-order valence-electron chi connectivity index (χ2n) is 2.69. The molecule has 0 spiro atoms. The van der Waals surface area contributed by atoms with Gasteiger partial charge >= 0.3 is 0 Å². The molecule has 6 heteroatoms. The maximum absolute atomic E-state index is 11.2. The second-order valence-corrected chi connectivity index (χ2v) is 3.54. The Morgan fingerprint density at radius 3 is 2.93 bits per heavy atom. The number of hydrogen-bond acceptors (Lipinski definition) is 4. The molecule has 0 atom stereocenters. The number of ether oxygens (including phenoxy) is 2. The average molecular weight is 275 g/mol. The van der Waals surface area contributed by atoms with Gasteiger partial charge in [0, 0.05) is 19.4 Å². The predicted octanol–water partition coefficient (Wildman–Crippen LogP) is 1.44. The molecule has 0 aliphatic heterocycles. The van der Waals surface area contributed by atoms with E-state index in [9.17, 15) is 4.79 Å². The maximum Gasteiger partial charge on any atom is 0.251 e. The first-order valence-electron chi connectivity index (χ1n) is 4.15. The fourth-order valence-electron chi connectivity index (χ4n) is 0.955. The molecule has 15 heavy (non-hydrogen) atoms. The lowest BCUT2D eigenvalue weighted by molar-refractivity contribution is -0.119. The van der Waals surface area contributed by atoms with Crippen molar-refractivity contribution in [1.29, 1.82) is 0 Å². The molecule has 1 heterocycles. The summed E-state index contributed by atoms with van der Waals surface area (Å²) >= 11 is 3.26. The van der Waals surface area contributed by atoms with Crippen LogP contribution >= 0.6 is 15.9 Å². The minimum Gasteiger partial charge on any atom is -0.495 e. The van der Waals surface area contributed by atoms with Gasteiger partial charge < -0.3 is 14.8 Å². The molecule has 0 radical (unpaired) electrons. The molecule has 1 N–H and O–H groups in total. The molecule has 0 aliphatic rings. The lowest BCUT2D eigenvalue weighted by Crippen LogP contribution is -2.17. The lowest BCUT2D eigenvalue weighted by atomic mass is 10.4. The first-order chi connectivity index (χ1) is 7.17. The highest BCUT2D eigenvalue weighted by atomic mass is 79.9. The zero-order valence-electron chi connectivity index (χ0n) is 8.41. The summed E-state index contributed by atoms with van der Waals surface area (Å²) in [5, 5.41) is 2.57. The van der Waals surface area contributed by atoms with Crippen molar-refractivity contribution in [2.24, 2.45) is 0 Å². The summed E-state index contributed by atoms with van der Waals surface area (Å²) in [6.45, 7) is 0.0000589. The highest BCUT2D eigenvalue weighted by molar-refractivity contribution is 9.10. The van der Waals surface area contributed by atoms with E-state index >= 15 is 0 Å². The Morgan fingerprint density at radius 1 is 1.60 bits per heavy atom. The van der Waals surface area contributed by atoms with Gasteiger partial charge in [0.1, 0.15) is 18.2 Å². The zero-order chi connectivity index (χ0) is 11.3.